The van der Waals surface area contributed by atoms with E-state index in [2.05, 4.69) is 40.6 Å². The Labute approximate surface area is 118 Å². The summed E-state index contributed by atoms with van der Waals surface area (Å²) in [5.41, 5.74) is 1.17. The normalized spacial score (nSPS) is 12.8. The molecule has 0 amide bonds. The second-order valence-corrected chi connectivity index (χ2v) is 6.10. The van der Waals surface area contributed by atoms with E-state index in [1.807, 2.05) is 18.7 Å². The highest BCUT2D eigenvalue weighted by Gasteiger charge is 2.11. The first-order chi connectivity index (χ1) is 9.16. The Morgan fingerprint density at radius 2 is 2.21 bits per heavy atom. The zero-order valence-corrected chi connectivity index (χ0v) is 12.7. The van der Waals surface area contributed by atoms with Gasteiger partial charge in [-0.15, -0.1) is 11.3 Å². The van der Waals surface area contributed by atoms with Crippen LogP contribution in [-0.4, -0.2) is 21.1 Å². The van der Waals surface area contributed by atoms with Crippen molar-refractivity contribution in [1.82, 2.24) is 19.9 Å². The molecular weight excluding hydrogens is 256 g/mol. The molecule has 1 atom stereocenters. The van der Waals surface area contributed by atoms with Gasteiger partial charge < -0.3 is 9.88 Å². The predicted octanol–water partition coefficient (Wildman–Crippen LogP) is 3.09. The SMILES string of the molecule is Cc1nc(C)c(C(C)NCCCCn2ccnc2)s1. The highest BCUT2D eigenvalue weighted by Crippen LogP contribution is 2.24. The molecule has 2 aromatic heterocycles. The van der Waals surface area contributed by atoms with Crippen molar-refractivity contribution in [3.8, 4) is 0 Å². The van der Waals surface area contributed by atoms with Gasteiger partial charge in [-0.2, -0.15) is 0 Å². The molecule has 0 bridgehead atoms. The van der Waals surface area contributed by atoms with Gasteiger partial charge >= 0.3 is 0 Å². The molecule has 0 fully saturated rings. The van der Waals surface area contributed by atoms with Crippen molar-refractivity contribution in [3.63, 3.8) is 0 Å². The quantitative estimate of drug-likeness (QED) is 0.791. The van der Waals surface area contributed by atoms with Crippen LogP contribution in [0.3, 0.4) is 0 Å². The van der Waals surface area contributed by atoms with Gasteiger partial charge in [0.25, 0.3) is 0 Å². The van der Waals surface area contributed by atoms with Crippen LogP contribution in [-0.2, 0) is 6.54 Å². The molecule has 0 saturated heterocycles. The first kappa shape index (κ1) is 14.2. The summed E-state index contributed by atoms with van der Waals surface area (Å²) in [7, 11) is 0. The van der Waals surface area contributed by atoms with Crippen LogP contribution in [0.5, 0.6) is 0 Å². The number of hydrogen-bond acceptors (Lipinski definition) is 4. The maximum absolute atomic E-state index is 4.48. The Bertz CT molecular complexity index is 490. The lowest BCUT2D eigenvalue weighted by molar-refractivity contribution is 0.526. The van der Waals surface area contributed by atoms with Crippen molar-refractivity contribution >= 4 is 11.3 Å². The molecule has 2 heterocycles. The number of nitrogens with zero attached hydrogens (tertiary/aromatic N) is 3. The molecule has 1 unspecified atom stereocenters. The van der Waals surface area contributed by atoms with Crippen molar-refractivity contribution in [3.05, 3.63) is 34.3 Å². The summed E-state index contributed by atoms with van der Waals surface area (Å²) in [5.74, 6) is 0. The molecule has 0 aliphatic rings. The van der Waals surface area contributed by atoms with Crippen LogP contribution in [0.15, 0.2) is 18.7 Å². The van der Waals surface area contributed by atoms with E-state index >= 15 is 0 Å². The minimum Gasteiger partial charge on any atom is -0.337 e. The molecule has 2 rings (SSSR count). The molecule has 1 N–H and O–H groups in total. The minimum absolute atomic E-state index is 0.402. The van der Waals surface area contributed by atoms with Crippen molar-refractivity contribution in [1.29, 1.82) is 0 Å². The Balaban J connectivity index is 1.66. The monoisotopic (exact) mass is 278 g/mol. The van der Waals surface area contributed by atoms with Gasteiger partial charge in [0.05, 0.1) is 17.0 Å². The second kappa shape index (κ2) is 6.82. The van der Waals surface area contributed by atoms with Gasteiger partial charge in [0.2, 0.25) is 0 Å². The topological polar surface area (TPSA) is 42.7 Å². The molecule has 19 heavy (non-hydrogen) atoms. The minimum atomic E-state index is 0.402. The third kappa shape index (κ3) is 4.14. The summed E-state index contributed by atoms with van der Waals surface area (Å²) < 4.78 is 2.13. The van der Waals surface area contributed by atoms with E-state index in [-0.39, 0.29) is 0 Å². The van der Waals surface area contributed by atoms with E-state index in [9.17, 15) is 0 Å². The molecule has 0 aliphatic heterocycles. The third-order valence-electron chi connectivity index (χ3n) is 3.19. The Morgan fingerprint density at radius 3 is 2.84 bits per heavy atom. The van der Waals surface area contributed by atoms with Crippen LogP contribution in [0.2, 0.25) is 0 Å². The number of rotatable bonds is 7. The maximum Gasteiger partial charge on any atom is 0.0945 e. The van der Waals surface area contributed by atoms with Crippen LogP contribution in [0.4, 0.5) is 0 Å². The molecule has 104 valence electrons. The fourth-order valence-electron chi connectivity index (χ4n) is 2.20. The summed E-state index contributed by atoms with van der Waals surface area (Å²) >= 11 is 1.80. The number of unbranched alkanes of at least 4 members (excludes halogenated alkanes) is 1. The van der Waals surface area contributed by atoms with E-state index in [1.165, 1.54) is 23.4 Å². The zero-order chi connectivity index (χ0) is 13.7. The van der Waals surface area contributed by atoms with E-state index in [0.29, 0.717) is 6.04 Å². The lowest BCUT2D eigenvalue weighted by atomic mass is 10.2. The Morgan fingerprint density at radius 1 is 1.37 bits per heavy atom. The van der Waals surface area contributed by atoms with Crippen LogP contribution in [0, 0.1) is 13.8 Å². The number of nitrogens with one attached hydrogen (secondary N) is 1. The Hall–Kier alpha value is -1.20. The Kier molecular flexibility index (Phi) is 5.10. The molecule has 4 nitrogen and oxygen atoms in total. The molecule has 0 aromatic carbocycles. The highest BCUT2D eigenvalue weighted by molar-refractivity contribution is 7.11. The zero-order valence-electron chi connectivity index (χ0n) is 11.9. The average Bonchev–Trinajstić information content (AvgIpc) is 2.98. The van der Waals surface area contributed by atoms with Crippen LogP contribution >= 0.6 is 11.3 Å². The number of thiazole rings is 1. The van der Waals surface area contributed by atoms with Crippen molar-refractivity contribution in [2.75, 3.05) is 6.54 Å². The van der Waals surface area contributed by atoms with Gasteiger partial charge in [-0.1, -0.05) is 0 Å². The predicted molar refractivity (Wildman–Crippen MR) is 79.5 cm³/mol. The molecule has 2 aromatic rings. The fourth-order valence-corrected chi connectivity index (χ4v) is 3.15. The lowest BCUT2D eigenvalue weighted by Gasteiger charge is -2.12. The molecule has 0 spiro atoms. The first-order valence-electron chi connectivity index (χ1n) is 6.80. The molecule has 0 aliphatic carbocycles. The largest absolute Gasteiger partial charge is 0.337 e. The number of aryl methyl sites for hydroxylation is 3. The maximum atomic E-state index is 4.48. The van der Waals surface area contributed by atoms with E-state index in [1.54, 1.807) is 11.3 Å². The summed E-state index contributed by atoms with van der Waals surface area (Å²) in [6.45, 7) is 8.48. The number of imidazole rings is 1. The molecular formula is C14H22N4S. The van der Waals surface area contributed by atoms with Crippen molar-refractivity contribution in [2.24, 2.45) is 0 Å². The first-order valence-corrected chi connectivity index (χ1v) is 7.61. The van der Waals surface area contributed by atoms with Crippen molar-refractivity contribution < 1.29 is 0 Å². The van der Waals surface area contributed by atoms with E-state index in [4.69, 9.17) is 0 Å². The van der Waals surface area contributed by atoms with Crippen LogP contribution in [0.1, 0.15) is 41.4 Å². The van der Waals surface area contributed by atoms with Gasteiger partial charge in [0.15, 0.2) is 0 Å². The van der Waals surface area contributed by atoms with Gasteiger partial charge in [-0.3, -0.25) is 0 Å². The van der Waals surface area contributed by atoms with Gasteiger partial charge in [0, 0.05) is 29.9 Å². The second-order valence-electron chi connectivity index (χ2n) is 4.87. The standard InChI is InChI=1S/C14H22N4S/c1-11(14-12(2)17-13(3)19-14)16-6-4-5-8-18-9-7-15-10-18/h7,9-11,16H,4-6,8H2,1-3H3. The third-order valence-corrected chi connectivity index (χ3v) is 4.44. The van der Waals surface area contributed by atoms with Gasteiger partial charge in [-0.25, -0.2) is 9.97 Å². The molecule has 0 saturated carbocycles. The van der Waals surface area contributed by atoms with Crippen molar-refractivity contribution in [2.45, 2.75) is 46.2 Å². The van der Waals surface area contributed by atoms with Crippen LogP contribution < -0.4 is 5.32 Å². The number of hydrogen-bond donors (Lipinski definition) is 1. The van der Waals surface area contributed by atoms with E-state index < -0.39 is 0 Å². The molecule has 0 radical (unpaired) electrons. The number of aromatic nitrogens is 3. The van der Waals surface area contributed by atoms with Crippen LogP contribution in [0.25, 0.3) is 0 Å². The molecule has 5 heteroatoms. The van der Waals surface area contributed by atoms with Gasteiger partial charge in [0.1, 0.15) is 0 Å². The highest BCUT2D eigenvalue weighted by atomic mass is 32.1. The summed E-state index contributed by atoms with van der Waals surface area (Å²) in [5, 5.41) is 4.73. The average molecular weight is 278 g/mol. The fraction of sp³-hybridized carbons (Fsp3) is 0.571. The summed E-state index contributed by atoms with van der Waals surface area (Å²) in [4.78, 5) is 9.89. The smallest absolute Gasteiger partial charge is 0.0945 e. The van der Waals surface area contributed by atoms with E-state index in [0.717, 1.165) is 18.1 Å². The summed E-state index contributed by atoms with van der Waals surface area (Å²) in [6, 6.07) is 0.402. The van der Waals surface area contributed by atoms with Gasteiger partial charge in [-0.05, 0) is 40.2 Å². The lowest BCUT2D eigenvalue weighted by Crippen LogP contribution is -2.20. The summed E-state index contributed by atoms with van der Waals surface area (Å²) in [6.07, 6.45) is 8.07.